The number of aliphatic imine (C=N–C) groups is 1. The quantitative estimate of drug-likeness (QED) is 0.847. The SMILES string of the molecule is Cc1ccc(CC(=O)NC2=NCCS2)cc1. The van der Waals surface area contributed by atoms with Crippen LogP contribution in [0, 0.1) is 6.92 Å². The Morgan fingerprint density at radius 2 is 2.19 bits per heavy atom. The molecule has 1 N–H and O–H groups in total. The molecule has 0 radical (unpaired) electrons. The molecule has 1 heterocycles. The number of nitrogens with zero attached hydrogens (tertiary/aromatic N) is 1. The molecule has 1 aliphatic heterocycles. The van der Waals surface area contributed by atoms with Crippen LogP contribution in [0.2, 0.25) is 0 Å². The van der Waals surface area contributed by atoms with Gasteiger partial charge in [0.25, 0.3) is 0 Å². The third kappa shape index (κ3) is 3.10. The molecule has 0 spiro atoms. The van der Waals surface area contributed by atoms with Crippen molar-refractivity contribution in [2.45, 2.75) is 13.3 Å². The largest absolute Gasteiger partial charge is 0.305 e. The average molecular weight is 234 g/mol. The van der Waals surface area contributed by atoms with Crippen LogP contribution in [0.1, 0.15) is 11.1 Å². The highest BCUT2D eigenvalue weighted by Gasteiger charge is 2.10. The van der Waals surface area contributed by atoms with E-state index in [0.717, 1.165) is 23.0 Å². The predicted octanol–water partition coefficient (Wildman–Crippen LogP) is 1.76. The third-order valence-corrected chi connectivity index (χ3v) is 3.21. The molecule has 1 aromatic rings. The zero-order valence-electron chi connectivity index (χ0n) is 9.19. The minimum absolute atomic E-state index is 0.0111. The number of benzene rings is 1. The normalized spacial score (nSPS) is 14.7. The topological polar surface area (TPSA) is 41.5 Å². The number of thioether (sulfide) groups is 1. The summed E-state index contributed by atoms with van der Waals surface area (Å²) in [7, 11) is 0. The highest BCUT2D eigenvalue weighted by molar-refractivity contribution is 8.14. The molecule has 84 valence electrons. The van der Waals surface area contributed by atoms with Gasteiger partial charge in [-0.1, -0.05) is 41.6 Å². The van der Waals surface area contributed by atoms with E-state index in [1.165, 1.54) is 5.56 Å². The first-order valence-electron chi connectivity index (χ1n) is 5.27. The van der Waals surface area contributed by atoms with Crippen molar-refractivity contribution in [2.24, 2.45) is 4.99 Å². The summed E-state index contributed by atoms with van der Waals surface area (Å²) >= 11 is 1.60. The second kappa shape index (κ2) is 5.16. The van der Waals surface area contributed by atoms with Crippen molar-refractivity contribution in [3.8, 4) is 0 Å². The van der Waals surface area contributed by atoms with Crippen molar-refractivity contribution in [2.75, 3.05) is 12.3 Å². The lowest BCUT2D eigenvalue weighted by atomic mass is 10.1. The van der Waals surface area contributed by atoms with Crippen LogP contribution in [0.3, 0.4) is 0 Å². The summed E-state index contributed by atoms with van der Waals surface area (Å²) in [5.41, 5.74) is 2.24. The standard InChI is InChI=1S/C12H14N2OS/c1-9-2-4-10(5-3-9)8-11(15)14-12-13-6-7-16-12/h2-5H,6-8H2,1H3,(H,13,14,15). The molecule has 0 saturated carbocycles. The highest BCUT2D eigenvalue weighted by Crippen LogP contribution is 2.09. The van der Waals surface area contributed by atoms with Gasteiger partial charge in [-0.05, 0) is 12.5 Å². The molecule has 0 fully saturated rings. The van der Waals surface area contributed by atoms with Crippen molar-refractivity contribution in [3.63, 3.8) is 0 Å². The maximum absolute atomic E-state index is 11.6. The molecule has 0 unspecified atom stereocenters. The number of amidine groups is 1. The number of hydrogen-bond acceptors (Lipinski definition) is 3. The van der Waals surface area contributed by atoms with Crippen molar-refractivity contribution in [1.29, 1.82) is 0 Å². The fourth-order valence-corrected chi connectivity index (χ4v) is 2.21. The molecule has 0 aliphatic carbocycles. The van der Waals surface area contributed by atoms with E-state index in [2.05, 4.69) is 10.3 Å². The van der Waals surface area contributed by atoms with Crippen LogP contribution in [0.5, 0.6) is 0 Å². The average Bonchev–Trinajstić information content (AvgIpc) is 2.74. The van der Waals surface area contributed by atoms with Crippen LogP contribution in [0.15, 0.2) is 29.3 Å². The van der Waals surface area contributed by atoms with Gasteiger partial charge < -0.3 is 5.32 Å². The second-order valence-corrected chi connectivity index (χ2v) is 4.83. The Kier molecular flexibility index (Phi) is 3.62. The maximum Gasteiger partial charge on any atom is 0.230 e. The Morgan fingerprint density at radius 3 is 2.81 bits per heavy atom. The Bertz CT molecular complexity index is 412. The lowest BCUT2D eigenvalue weighted by Crippen LogP contribution is -2.28. The Labute approximate surface area is 99.3 Å². The van der Waals surface area contributed by atoms with Gasteiger partial charge in [-0.2, -0.15) is 0 Å². The van der Waals surface area contributed by atoms with E-state index in [1.54, 1.807) is 11.8 Å². The zero-order chi connectivity index (χ0) is 11.4. The summed E-state index contributed by atoms with van der Waals surface area (Å²) in [5, 5.41) is 3.58. The number of carbonyl (C=O) groups excluding carboxylic acids is 1. The molecule has 1 aromatic carbocycles. The number of rotatable bonds is 2. The number of amides is 1. The molecule has 3 nitrogen and oxygen atoms in total. The zero-order valence-corrected chi connectivity index (χ0v) is 10.0. The molecule has 0 saturated heterocycles. The summed E-state index contributed by atoms with van der Waals surface area (Å²) in [6, 6.07) is 8.01. The smallest absolute Gasteiger partial charge is 0.230 e. The van der Waals surface area contributed by atoms with Crippen LogP contribution < -0.4 is 5.32 Å². The number of nitrogens with one attached hydrogen (secondary N) is 1. The van der Waals surface area contributed by atoms with Gasteiger partial charge in [-0.15, -0.1) is 0 Å². The second-order valence-electron chi connectivity index (χ2n) is 3.75. The summed E-state index contributed by atoms with van der Waals surface area (Å²) < 4.78 is 0. The van der Waals surface area contributed by atoms with Gasteiger partial charge in [0, 0.05) is 5.75 Å². The number of hydrogen-bond donors (Lipinski definition) is 1. The third-order valence-electron chi connectivity index (χ3n) is 2.32. The minimum atomic E-state index is 0.0111. The maximum atomic E-state index is 11.6. The lowest BCUT2D eigenvalue weighted by Gasteiger charge is -2.04. The lowest BCUT2D eigenvalue weighted by molar-refractivity contribution is -0.119. The van der Waals surface area contributed by atoms with Gasteiger partial charge in [0.15, 0.2) is 5.17 Å². The van der Waals surface area contributed by atoms with Crippen LogP contribution in [-0.2, 0) is 11.2 Å². The van der Waals surface area contributed by atoms with Gasteiger partial charge in [-0.25, -0.2) is 0 Å². The van der Waals surface area contributed by atoms with Gasteiger partial charge in [0.1, 0.15) is 0 Å². The Morgan fingerprint density at radius 1 is 1.44 bits per heavy atom. The van der Waals surface area contributed by atoms with Crippen molar-refractivity contribution < 1.29 is 4.79 Å². The number of aryl methyl sites for hydroxylation is 1. The molecule has 1 aliphatic rings. The highest BCUT2D eigenvalue weighted by atomic mass is 32.2. The fraction of sp³-hybridized carbons (Fsp3) is 0.333. The van der Waals surface area contributed by atoms with E-state index >= 15 is 0 Å². The monoisotopic (exact) mass is 234 g/mol. The summed E-state index contributed by atoms with van der Waals surface area (Å²) in [4.78, 5) is 15.8. The van der Waals surface area contributed by atoms with E-state index in [1.807, 2.05) is 31.2 Å². The van der Waals surface area contributed by atoms with Crippen LogP contribution in [-0.4, -0.2) is 23.4 Å². The molecule has 0 aromatic heterocycles. The molecule has 16 heavy (non-hydrogen) atoms. The summed E-state index contributed by atoms with van der Waals surface area (Å²) in [6.07, 6.45) is 0.417. The van der Waals surface area contributed by atoms with Crippen LogP contribution in [0.4, 0.5) is 0 Å². The molecule has 2 rings (SSSR count). The molecule has 0 atom stereocenters. The first-order valence-corrected chi connectivity index (χ1v) is 6.25. The molecule has 1 amide bonds. The number of carbonyl (C=O) groups is 1. The van der Waals surface area contributed by atoms with E-state index < -0.39 is 0 Å². The van der Waals surface area contributed by atoms with E-state index in [-0.39, 0.29) is 5.91 Å². The summed E-state index contributed by atoms with van der Waals surface area (Å²) in [6.45, 7) is 2.85. The van der Waals surface area contributed by atoms with E-state index in [9.17, 15) is 4.79 Å². The van der Waals surface area contributed by atoms with Crippen LogP contribution >= 0.6 is 11.8 Å². The minimum Gasteiger partial charge on any atom is -0.305 e. The van der Waals surface area contributed by atoms with Crippen molar-refractivity contribution in [3.05, 3.63) is 35.4 Å². The molecular weight excluding hydrogens is 220 g/mol. The Hall–Kier alpha value is -1.29. The van der Waals surface area contributed by atoms with Crippen LogP contribution in [0.25, 0.3) is 0 Å². The molecule has 4 heteroatoms. The Balaban J connectivity index is 1.89. The van der Waals surface area contributed by atoms with E-state index in [4.69, 9.17) is 0 Å². The van der Waals surface area contributed by atoms with E-state index in [0.29, 0.717) is 6.42 Å². The van der Waals surface area contributed by atoms with Gasteiger partial charge >= 0.3 is 0 Å². The van der Waals surface area contributed by atoms with Gasteiger partial charge in [-0.3, -0.25) is 9.79 Å². The fourth-order valence-electron chi connectivity index (χ4n) is 1.47. The molecule has 0 bridgehead atoms. The molecular formula is C12H14N2OS. The van der Waals surface area contributed by atoms with Gasteiger partial charge in [0.2, 0.25) is 5.91 Å². The predicted molar refractivity (Wildman–Crippen MR) is 67.8 cm³/mol. The summed E-state index contributed by atoms with van der Waals surface area (Å²) in [5.74, 6) is 0.983. The van der Waals surface area contributed by atoms with Crippen molar-refractivity contribution in [1.82, 2.24) is 5.32 Å². The van der Waals surface area contributed by atoms with Crippen molar-refractivity contribution >= 4 is 22.8 Å². The first kappa shape index (κ1) is 11.2. The first-order chi connectivity index (χ1) is 7.74. The van der Waals surface area contributed by atoms with Gasteiger partial charge in [0.05, 0.1) is 13.0 Å².